The van der Waals surface area contributed by atoms with Crippen LogP contribution in [-0.2, 0) is 4.79 Å². The normalized spacial score (nSPS) is 32.6. The van der Waals surface area contributed by atoms with Crippen molar-refractivity contribution < 1.29 is 14.0 Å². The topological polar surface area (TPSA) is 71.3 Å². The summed E-state index contributed by atoms with van der Waals surface area (Å²) < 4.78 is 5.73. The van der Waals surface area contributed by atoms with Crippen molar-refractivity contribution in [3.05, 3.63) is 22.6 Å². The number of hydrogen-bond acceptors (Lipinski definition) is 3. The van der Waals surface area contributed by atoms with E-state index in [-0.39, 0.29) is 23.0 Å². The molecule has 0 saturated heterocycles. The Labute approximate surface area is 156 Å². The van der Waals surface area contributed by atoms with Crippen molar-refractivity contribution in [2.24, 2.45) is 23.2 Å². The van der Waals surface area contributed by atoms with Gasteiger partial charge >= 0.3 is 0 Å². The van der Waals surface area contributed by atoms with Gasteiger partial charge in [-0.3, -0.25) is 9.59 Å². The lowest BCUT2D eigenvalue weighted by Gasteiger charge is -2.56. The van der Waals surface area contributed by atoms with E-state index >= 15 is 0 Å². The van der Waals surface area contributed by atoms with Crippen molar-refractivity contribution >= 4 is 27.7 Å². The van der Waals surface area contributed by atoms with Gasteiger partial charge in [-0.15, -0.1) is 0 Å². The van der Waals surface area contributed by atoms with Crippen LogP contribution in [0.4, 0.5) is 0 Å². The van der Waals surface area contributed by atoms with E-state index in [0.29, 0.717) is 24.2 Å². The van der Waals surface area contributed by atoms with Gasteiger partial charge in [0.1, 0.15) is 0 Å². The van der Waals surface area contributed by atoms with E-state index in [4.69, 9.17) is 4.42 Å². The molecule has 1 heterocycles. The van der Waals surface area contributed by atoms with E-state index in [1.807, 2.05) is 0 Å². The predicted octanol–water partition coefficient (Wildman–Crippen LogP) is 3.49. The number of rotatable bonds is 6. The predicted molar refractivity (Wildman–Crippen MR) is 97.0 cm³/mol. The van der Waals surface area contributed by atoms with Crippen LogP contribution in [0, 0.1) is 23.2 Å². The van der Waals surface area contributed by atoms with Gasteiger partial charge in [0, 0.05) is 19.5 Å². The largest absolute Gasteiger partial charge is 0.444 e. The molecule has 4 aliphatic rings. The number of carbonyl (C=O) groups is 2. The van der Waals surface area contributed by atoms with Gasteiger partial charge in [0.05, 0.1) is 0 Å². The minimum atomic E-state index is -0.263. The number of furan rings is 1. The smallest absolute Gasteiger partial charge is 0.287 e. The molecule has 25 heavy (non-hydrogen) atoms. The summed E-state index contributed by atoms with van der Waals surface area (Å²) in [6, 6.07) is 3.30. The van der Waals surface area contributed by atoms with Crippen LogP contribution in [0.25, 0.3) is 0 Å². The SMILES string of the molecule is O=C(CC12CC3CC(CC(C3)C1)C2)NCCNC(=O)c1ccc(Br)o1. The summed E-state index contributed by atoms with van der Waals surface area (Å²) in [5.41, 5.74) is 0.266. The maximum Gasteiger partial charge on any atom is 0.287 e. The maximum atomic E-state index is 12.4. The monoisotopic (exact) mass is 408 g/mol. The summed E-state index contributed by atoms with van der Waals surface area (Å²) in [7, 11) is 0. The fourth-order valence-corrected chi connectivity index (χ4v) is 6.12. The van der Waals surface area contributed by atoms with E-state index in [9.17, 15) is 9.59 Å². The molecule has 4 saturated carbocycles. The van der Waals surface area contributed by atoms with E-state index < -0.39 is 0 Å². The molecular formula is C19H25BrN2O3. The molecule has 0 radical (unpaired) electrons. The summed E-state index contributed by atoms with van der Waals surface area (Å²) >= 11 is 3.17. The Morgan fingerprint density at radius 2 is 1.64 bits per heavy atom. The average Bonchev–Trinajstić information content (AvgIpc) is 2.96. The molecule has 5 rings (SSSR count). The molecule has 1 aromatic heterocycles. The highest BCUT2D eigenvalue weighted by atomic mass is 79.9. The quantitative estimate of drug-likeness (QED) is 0.707. The second-order valence-electron chi connectivity index (χ2n) is 8.30. The summed E-state index contributed by atoms with van der Waals surface area (Å²) in [4.78, 5) is 24.3. The van der Waals surface area contributed by atoms with E-state index in [0.717, 1.165) is 17.8 Å². The lowest BCUT2D eigenvalue weighted by atomic mass is 9.49. The lowest BCUT2D eigenvalue weighted by molar-refractivity contribution is -0.129. The van der Waals surface area contributed by atoms with Crippen LogP contribution < -0.4 is 10.6 Å². The summed E-state index contributed by atoms with van der Waals surface area (Å²) in [5.74, 6) is 2.74. The minimum Gasteiger partial charge on any atom is -0.444 e. The molecule has 0 unspecified atom stereocenters. The highest BCUT2D eigenvalue weighted by molar-refractivity contribution is 9.10. The van der Waals surface area contributed by atoms with E-state index in [2.05, 4.69) is 26.6 Å². The molecule has 0 aromatic carbocycles. The lowest BCUT2D eigenvalue weighted by Crippen LogP contribution is -2.48. The Bertz CT molecular complexity index is 634. The Morgan fingerprint density at radius 1 is 1.04 bits per heavy atom. The van der Waals surface area contributed by atoms with Crippen molar-refractivity contribution in [1.29, 1.82) is 0 Å². The van der Waals surface area contributed by atoms with Gasteiger partial charge in [-0.05, 0) is 89.8 Å². The molecule has 4 fully saturated rings. The van der Waals surface area contributed by atoms with E-state index in [1.165, 1.54) is 38.5 Å². The first-order valence-corrected chi connectivity index (χ1v) is 10.1. The van der Waals surface area contributed by atoms with Gasteiger partial charge in [0.2, 0.25) is 5.91 Å². The molecule has 0 atom stereocenters. The van der Waals surface area contributed by atoms with Crippen LogP contribution in [0.1, 0.15) is 55.5 Å². The number of hydrogen-bond donors (Lipinski definition) is 2. The molecule has 4 aliphatic carbocycles. The molecule has 4 bridgehead atoms. The average molecular weight is 409 g/mol. The molecule has 1 aromatic rings. The zero-order chi connectivity index (χ0) is 17.4. The number of nitrogens with one attached hydrogen (secondary N) is 2. The van der Waals surface area contributed by atoms with Crippen molar-refractivity contribution in [1.82, 2.24) is 10.6 Å². The van der Waals surface area contributed by atoms with Crippen LogP contribution in [0.15, 0.2) is 21.2 Å². The van der Waals surface area contributed by atoms with Gasteiger partial charge in [-0.25, -0.2) is 0 Å². The Hall–Kier alpha value is -1.30. The summed E-state index contributed by atoms with van der Waals surface area (Å²) in [5, 5.41) is 5.74. The van der Waals surface area contributed by atoms with Crippen LogP contribution in [0.2, 0.25) is 0 Å². The van der Waals surface area contributed by atoms with Gasteiger partial charge in [-0.2, -0.15) is 0 Å². The highest BCUT2D eigenvalue weighted by Gasteiger charge is 2.51. The molecule has 5 nitrogen and oxygen atoms in total. The third-order valence-corrected chi connectivity index (χ3v) is 6.66. The van der Waals surface area contributed by atoms with Gasteiger partial charge in [0.25, 0.3) is 5.91 Å². The van der Waals surface area contributed by atoms with Crippen LogP contribution in [-0.4, -0.2) is 24.9 Å². The van der Waals surface area contributed by atoms with Gasteiger partial charge in [-0.1, -0.05) is 0 Å². The first-order chi connectivity index (χ1) is 12.0. The second-order valence-corrected chi connectivity index (χ2v) is 9.09. The highest BCUT2D eigenvalue weighted by Crippen LogP contribution is 2.61. The van der Waals surface area contributed by atoms with Crippen molar-refractivity contribution in [3.63, 3.8) is 0 Å². The zero-order valence-corrected chi connectivity index (χ0v) is 15.9. The summed E-state index contributed by atoms with van der Waals surface area (Å²) in [6.45, 7) is 0.864. The molecule has 0 spiro atoms. The number of carbonyl (C=O) groups excluding carboxylic acids is 2. The van der Waals surface area contributed by atoms with Crippen molar-refractivity contribution in [2.75, 3.05) is 13.1 Å². The maximum absolute atomic E-state index is 12.4. The van der Waals surface area contributed by atoms with Gasteiger partial charge < -0.3 is 15.1 Å². The number of halogens is 1. The first kappa shape index (κ1) is 17.1. The third-order valence-electron chi connectivity index (χ3n) is 6.23. The van der Waals surface area contributed by atoms with Crippen LogP contribution in [0.3, 0.4) is 0 Å². The molecule has 2 amide bonds. The summed E-state index contributed by atoms with van der Waals surface area (Å²) in [6.07, 6.45) is 8.60. The Kier molecular flexibility index (Phi) is 4.65. The third kappa shape index (κ3) is 3.78. The van der Waals surface area contributed by atoms with E-state index in [1.54, 1.807) is 12.1 Å². The molecule has 6 heteroatoms. The second kappa shape index (κ2) is 6.78. The fraction of sp³-hybridized carbons (Fsp3) is 0.684. The molecular weight excluding hydrogens is 384 g/mol. The Balaban J connectivity index is 1.20. The van der Waals surface area contributed by atoms with Crippen molar-refractivity contribution in [2.45, 2.75) is 44.9 Å². The minimum absolute atomic E-state index is 0.136. The van der Waals surface area contributed by atoms with Crippen LogP contribution >= 0.6 is 15.9 Å². The fourth-order valence-electron chi connectivity index (χ4n) is 5.81. The van der Waals surface area contributed by atoms with Crippen molar-refractivity contribution in [3.8, 4) is 0 Å². The standard InChI is InChI=1S/C19H25BrN2O3/c20-16-2-1-15(25-16)18(24)22-4-3-21-17(23)11-19-8-12-5-13(9-19)7-14(6-12)10-19/h1-2,12-14H,3-11H2,(H,21,23)(H,22,24). The van der Waals surface area contributed by atoms with Crippen LogP contribution in [0.5, 0.6) is 0 Å². The number of amides is 2. The van der Waals surface area contributed by atoms with Gasteiger partial charge in [0.15, 0.2) is 10.4 Å². The zero-order valence-electron chi connectivity index (χ0n) is 14.4. The molecule has 2 N–H and O–H groups in total. The first-order valence-electron chi connectivity index (χ1n) is 9.32. The molecule has 0 aliphatic heterocycles. The Morgan fingerprint density at radius 3 is 2.20 bits per heavy atom. The molecule has 136 valence electrons.